The van der Waals surface area contributed by atoms with Crippen molar-refractivity contribution >= 4 is 0 Å². The molecule has 2 nitrogen and oxygen atoms in total. The molecule has 2 N–H and O–H groups in total. The van der Waals surface area contributed by atoms with Gasteiger partial charge in [0.05, 0.1) is 0 Å². The largest absolute Gasteiger partial charge is 0.507 e. The third kappa shape index (κ3) is 4.71. The molecule has 0 saturated carbocycles. The minimum atomic E-state index is 0.180. The lowest BCUT2D eigenvalue weighted by molar-refractivity contribution is 0.468. The third-order valence-corrected chi connectivity index (χ3v) is 5.05. The van der Waals surface area contributed by atoms with Gasteiger partial charge in [-0.1, -0.05) is 74.2 Å². The molecule has 0 amide bonds. The van der Waals surface area contributed by atoms with Crippen LogP contribution in [0.15, 0.2) is 60.7 Å². The Balaban J connectivity index is 1.80. The molecular weight excluding hydrogens is 332 g/mol. The highest BCUT2D eigenvalue weighted by Gasteiger charge is 2.11. The van der Waals surface area contributed by atoms with Crippen molar-refractivity contribution in [3.63, 3.8) is 0 Å². The Bertz CT molecular complexity index is 895. The van der Waals surface area contributed by atoms with E-state index in [1.165, 1.54) is 24.8 Å². The first-order valence-electron chi connectivity index (χ1n) is 9.81. The van der Waals surface area contributed by atoms with Gasteiger partial charge in [-0.05, 0) is 54.7 Å². The van der Waals surface area contributed by atoms with Gasteiger partial charge in [0, 0.05) is 11.1 Å². The number of rotatable bonds is 7. The summed E-state index contributed by atoms with van der Waals surface area (Å²) in [6.07, 6.45) is 5.82. The smallest absolute Gasteiger partial charge is 0.124 e. The normalized spacial score (nSPS) is 10.9. The predicted octanol–water partition coefficient (Wildman–Crippen LogP) is 6.86. The Kier molecular flexibility index (Phi) is 6.18. The molecule has 0 fully saturated rings. The second-order valence-electron chi connectivity index (χ2n) is 7.26. The summed E-state index contributed by atoms with van der Waals surface area (Å²) in [5, 5.41) is 21.0. The van der Waals surface area contributed by atoms with E-state index in [1.807, 2.05) is 30.3 Å². The van der Waals surface area contributed by atoms with Crippen molar-refractivity contribution in [2.24, 2.45) is 0 Å². The lowest BCUT2D eigenvalue weighted by atomic mass is 9.96. The van der Waals surface area contributed by atoms with Gasteiger partial charge in [0.1, 0.15) is 11.5 Å². The highest BCUT2D eigenvalue weighted by Crippen LogP contribution is 2.38. The first kappa shape index (κ1) is 19.0. The average molecular weight is 360 g/mol. The summed E-state index contributed by atoms with van der Waals surface area (Å²) in [5.74, 6) is 0.403. The van der Waals surface area contributed by atoms with Gasteiger partial charge >= 0.3 is 0 Å². The van der Waals surface area contributed by atoms with Gasteiger partial charge in [-0.15, -0.1) is 0 Å². The van der Waals surface area contributed by atoms with Crippen LogP contribution >= 0.6 is 0 Å². The molecule has 0 atom stereocenters. The van der Waals surface area contributed by atoms with Gasteiger partial charge in [-0.2, -0.15) is 0 Å². The first-order valence-corrected chi connectivity index (χ1v) is 9.81. The van der Waals surface area contributed by atoms with Crippen LogP contribution in [0.2, 0.25) is 0 Å². The van der Waals surface area contributed by atoms with E-state index in [2.05, 4.69) is 38.1 Å². The molecule has 0 heterocycles. The monoisotopic (exact) mass is 360 g/mol. The molecule has 0 spiro atoms. The zero-order valence-electron chi connectivity index (χ0n) is 16.2. The average Bonchev–Trinajstić information content (AvgIpc) is 2.66. The third-order valence-electron chi connectivity index (χ3n) is 5.05. The SMILES string of the molecule is CCCCCCc1ccc(-c2ccc(-c3ccc(C)cc3)cc2O)c(O)c1. The number of aryl methyl sites for hydroxylation is 2. The summed E-state index contributed by atoms with van der Waals surface area (Å²) in [6, 6.07) is 19.6. The van der Waals surface area contributed by atoms with Crippen molar-refractivity contribution in [3.8, 4) is 33.8 Å². The Hall–Kier alpha value is -2.74. The molecule has 0 aromatic heterocycles. The van der Waals surface area contributed by atoms with Crippen molar-refractivity contribution in [2.75, 3.05) is 0 Å². The maximum Gasteiger partial charge on any atom is 0.124 e. The van der Waals surface area contributed by atoms with Gasteiger partial charge in [0.25, 0.3) is 0 Å². The topological polar surface area (TPSA) is 40.5 Å². The van der Waals surface area contributed by atoms with Crippen molar-refractivity contribution in [1.82, 2.24) is 0 Å². The van der Waals surface area contributed by atoms with Gasteiger partial charge in [0.2, 0.25) is 0 Å². The van der Waals surface area contributed by atoms with Gasteiger partial charge in [-0.3, -0.25) is 0 Å². The number of benzene rings is 3. The summed E-state index contributed by atoms with van der Waals surface area (Å²) < 4.78 is 0. The summed E-state index contributed by atoms with van der Waals surface area (Å²) in [6.45, 7) is 4.26. The molecule has 0 radical (unpaired) electrons. The summed E-state index contributed by atoms with van der Waals surface area (Å²) in [7, 11) is 0. The molecule has 140 valence electrons. The van der Waals surface area contributed by atoms with E-state index in [-0.39, 0.29) is 11.5 Å². The van der Waals surface area contributed by atoms with Crippen molar-refractivity contribution in [2.45, 2.75) is 46.0 Å². The molecule has 3 rings (SSSR count). The van der Waals surface area contributed by atoms with Crippen LogP contribution in [0.3, 0.4) is 0 Å². The van der Waals surface area contributed by atoms with E-state index in [0.29, 0.717) is 11.1 Å². The van der Waals surface area contributed by atoms with Gasteiger partial charge in [-0.25, -0.2) is 0 Å². The zero-order valence-corrected chi connectivity index (χ0v) is 16.2. The molecular formula is C25H28O2. The van der Waals surface area contributed by atoms with Crippen molar-refractivity contribution in [3.05, 3.63) is 71.8 Å². The second kappa shape index (κ2) is 8.77. The van der Waals surface area contributed by atoms with Gasteiger partial charge in [0.15, 0.2) is 0 Å². The highest BCUT2D eigenvalue weighted by atomic mass is 16.3. The first-order chi connectivity index (χ1) is 13.1. The van der Waals surface area contributed by atoms with E-state index in [9.17, 15) is 10.2 Å². The zero-order chi connectivity index (χ0) is 19.2. The van der Waals surface area contributed by atoms with E-state index in [4.69, 9.17) is 0 Å². The van der Waals surface area contributed by atoms with Crippen LogP contribution < -0.4 is 0 Å². The summed E-state index contributed by atoms with van der Waals surface area (Å²) in [5.41, 5.74) is 5.70. The molecule has 0 aliphatic rings. The molecule has 0 saturated heterocycles. The minimum absolute atomic E-state index is 0.180. The molecule has 3 aromatic carbocycles. The second-order valence-corrected chi connectivity index (χ2v) is 7.26. The fourth-order valence-corrected chi connectivity index (χ4v) is 3.40. The number of phenolic OH excluding ortho intramolecular Hbond substituents is 2. The molecule has 0 aliphatic carbocycles. The quantitative estimate of drug-likeness (QED) is 0.452. The Morgan fingerprint density at radius 2 is 1.30 bits per heavy atom. The maximum absolute atomic E-state index is 10.5. The number of hydrogen-bond acceptors (Lipinski definition) is 2. The fraction of sp³-hybridized carbons (Fsp3) is 0.280. The Labute approximate surface area is 162 Å². The lowest BCUT2D eigenvalue weighted by Gasteiger charge is -2.11. The highest BCUT2D eigenvalue weighted by molar-refractivity contribution is 5.79. The van der Waals surface area contributed by atoms with E-state index >= 15 is 0 Å². The lowest BCUT2D eigenvalue weighted by Crippen LogP contribution is -1.88. The van der Waals surface area contributed by atoms with Crippen LogP contribution in [0.1, 0.15) is 43.7 Å². The molecule has 0 bridgehead atoms. The van der Waals surface area contributed by atoms with Crippen LogP contribution in [0.5, 0.6) is 11.5 Å². The number of phenols is 2. The summed E-state index contributed by atoms with van der Waals surface area (Å²) in [4.78, 5) is 0. The van der Waals surface area contributed by atoms with E-state index in [1.54, 1.807) is 6.07 Å². The van der Waals surface area contributed by atoms with Gasteiger partial charge < -0.3 is 10.2 Å². The van der Waals surface area contributed by atoms with Crippen LogP contribution in [0, 0.1) is 6.92 Å². The van der Waals surface area contributed by atoms with E-state index < -0.39 is 0 Å². The molecule has 2 heteroatoms. The molecule has 0 unspecified atom stereocenters. The fourth-order valence-electron chi connectivity index (χ4n) is 3.40. The number of aromatic hydroxyl groups is 2. The van der Waals surface area contributed by atoms with Crippen LogP contribution in [-0.4, -0.2) is 10.2 Å². The van der Waals surface area contributed by atoms with Crippen LogP contribution in [0.4, 0.5) is 0 Å². The Morgan fingerprint density at radius 1 is 0.667 bits per heavy atom. The predicted molar refractivity (Wildman–Crippen MR) is 113 cm³/mol. The number of hydrogen-bond donors (Lipinski definition) is 2. The molecule has 0 aliphatic heterocycles. The van der Waals surface area contributed by atoms with Crippen molar-refractivity contribution in [1.29, 1.82) is 0 Å². The standard InChI is InChI=1S/C25H28O2/c1-3-4-5-6-7-19-10-14-22(24(26)16-19)23-15-13-21(17-25(23)27)20-11-8-18(2)9-12-20/h8-17,26-27H,3-7H2,1-2H3. The van der Waals surface area contributed by atoms with Crippen LogP contribution in [0.25, 0.3) is 22.3 Å². The van der Waals surface area contributed by atoms with E-state index in [0.717, 1.165) is 29.5 Å². The molecule has 27 heavy (non-hydrogen) atoms. The van der Waals surface area contributed by atoms with Crippen LogP contribution in [-0.2, 0) is 6.42 Å². The molecule has 3 aromatic rings. The summed E-state index contributed by atoms with van der Waals surface area (Å²) >= 11 is 0. The number of unbranched alkanes of at least 4 members (excludes halogenated alkanes) is 3. The van der Waals surface area contributed by atoms with Crippen molar-refractivity contribution < 1.29 is 10.2 Å². The maximum atomic E-state index is 10.5. The minimum Gasteiger partial charge on any atom is -0.507 e. The Morgan fingerprint density at radius 3 is 1.93 bits per heavy atom.